The smallest absolute Gasteiger partial charge is 0.234 e. The van der Waals surface area contributed by atoms with Gasteiger partial charge in [0.25, 0.3) is 0 Å². The fraction of sp³-hybridized carbons (Fsp3) is 0.321. The first kappa shape index (κ1) is 22.0. The van der Waals surface area contributed by atoms with E-state index in [4.69, 9.17) is 21.1 Å². The number of likely N-dealkylation sites (tertiary alicyclic amines) is 1. The number of amides is 1. The van der Waals surface area contributed by atoms with E-state index in [-0.39, 0.29) is 23.5 Å². The monoisotopic (exact) mass is 461 g/mol. The lowest BCUT2D eigenvalue weighted by molar-refractivity contribution is -0.136. The van der Waals surface area contributed by atoms with Crippen LogP contribution in [0.25, 0.3) is 0 Å². The summed E-state index contributed by atoms with van der Waals surface area (Å²) in [5, 5.41) is 0.617. The second kappa shape index (κ2) is 9.58. The molecule has 2 fully saturated rings. The Morgan fingerprint density at radius 3 is 2.09 bits per heavy atom. The van der Waals surface area contributed by atoms with E-state index in [1.165, 1.54) is 0 Å². The lowest BCUT2D eigenvalue weighted by atomic mass is 9.85. The van der Waals surface area contributed by atoms with Crippen molar-refractivity contribution in [3.8, 4) is 5.75 Å². The zero-order valence-electron chi connectivity index (χ0n) is 18.5. The van der Waals surface area contributed by atoms with Gasteiger partial charge >= 0.3 is 0 Å². The van der Waals surface area contributed by atoms with Crippen LogP contribution in [0.2, 0.25) is 5.02 Å². The van der Waals surface area contributed by atoms with Gasteiger partial charge in [-0.15, -0.1) is 0 Å². The Morgan fingerprint density at radius 1 is 0.909 bits per heavy atom. The summed E-state index contributed by atoms with van der Waals surface area (Å²) in [4.78, 5) is 15.7. The van der Waals surface area contributed by atoms with Crippen molar-refractivity contribution in [2.45, 2.75) is 36.9 Å². The van der Waals surface area contributed by atoms with Crippen LogP contribution in [0.5, 0.6) is 5.75 Å². The summed E-state index contributed by atoms with van der Waals surface area (Å²) in [5.41, 5.74) is 1.83. The van der Waals surface area contributed by atoms with Crippen molar-refractivity contribution >= 4 is 17.5 Å². The van der Waals surface area contributed by atoms with Gasteiger partial charge in [0.15, 0.2) is 0 Å². The van der Waals surface area contributed by atoms with Crippen LogP contribution in [0, 0.1) is 0 Å². The van der Waals surface area contributed by atoms with E-state index in [1.807, 2.05) is 89.8 Å². The molecule has 1 spiro atoms. The number of para-hydroxylation sites is 1. The maximum atomic E-state index is 13.7. The topological polar surface area (TPSA) is 38.8 Å². The first-order valence-corrected chi connectivity index (χ1v) is 12.0. The van der Waals surface area contributed by atoms with E-state index >= 15 is 0 Å². The fourth-order valence-electron chi connectivity index (χ4n) is 5.03. The Kier molecular flexibility index (Phi) is 6.39. The number of carbonyl (C=O) groups excluding carboxylic acids is 1. The summed E-state index contributed by atoms with van der Waals surface area (Å²) in [5.74, 6) is 0.567. The molecule has 2 aliphatic heterocycles. The van der Waals surface area contributed by atoms with Gasteiger partial charge in [-0.05, 0) is 36.1 Å². The van der Waals surface area contributed by atoms with Gasteiger partial charge in [-0.1, -0.05) is 84.4 Å². The molecular formula is C28H28ClNO3. The Bertz CT molecular complexity index is 1040. The number of rotatable bonds is 5. The number of ether oxygens (including phenoxy) is 2. The van der Waals surface area contributed by atoms with Crippen molar-refractivity contribution < 1.29 is 14.3 Å². The molecule has 0 aromatic heterocycles. The van der Waals surface area contributed by atoms with E-state index in [0.717, 1.165) is 30.4 Å². The van der Waals surface area contributed by atoms with Gasteiger partial charge in [-0.25, -0.2) is 0 Å². The van der Waals surface area contributed by atoms with E-state index in [1.54, 1.807) is 0 Å². The highest BCUT2D eigenvalue weighted by Gasteiger charge is 2.45. The molecule has 5 rings (SSSR count). The van der Waals surface area contributed by atoms with Crippen LogP contribution in [0.15, 0.2) is 84.9 Å². The Balaban J connectivity index is 1.25. The summed E-state index contributed by atoms with van der Waals surface area (Å²) >= 11 is 6.25. The average molecular weight is 462 g/mol. The molecule has 33 heavy (non-hydrogen) atoms. The Hall–Kier alpha value is -2.82. The largest absolute Gasteiger partial charge is 0.486 e. The second-order valence-electron chi connectivity index (χ2n) is 8.95. The number of halogens is 1. The summed E-state index contributed by atoms with van der Waals surface area (Å²) in [6, 6.07) is 27.7. The summed E-state index contributed by atoms with van der Waals surface area (Å²) in [6.07, 6.45) is 2.43. The van der Waals surface area contributed by atoms with Crippen molar-refractivity contribution in [3.63, 3.8) is 0 Å². The molecule has 2 heterocycles. The van der Waals surface area contributed by atoms with E-state index in [9.17, 15) is 4.79 Å². The molecule has 0 aliphatic carbocycles. The molecule has 3 aromatic carbocycles. The molecule has 4 nitrogen and oxygen atoms in total. The maximum Gasteiger partial charge on any atom is 0.234 e. The molecule has 1 unspecified atom stereocenters. The number of carbonyl (C=O) groups is 1. The quantitative estimate of drug-likeness (QED) is 0.489. The van der Waals surface area contributed by atoms with E-state index < -0.39 is 0 Å². The lowest BCUT2D eigenvalue weighted by Gasteiger charge is -2.39. The third-order valence-electron chi connectivity index (χ3n) is 6.80. The minimum absolute atomic E-state index is 0.0199. The van der Waals surface area contributed by atoms with Crippen molar-refractivity contribution in [3.05, 3.63) is 101 Å². The van der Waals surface area contributed by atoms with E-state index in [2.05, 4.69) is 0 Å². The zero-order chi connectivity index (χ0) is 22.7. The van der Waals surface area contributed by atoms with Crippen LogP contribution < -0.4 is 4.74 Å². The van der Waals surface area contributed by atoms with Crippen LogP contribution >= 0.6 is 11.6 Å². The van der Waals surface area contributed by atoms with Gasteiger partial charge < -0.3 is 14.4 Å². The van der Waals surface area contributed by atoms with Crippen LogP contribution in [-0.4, -0.2) is 42.2 Å². The first-order chi connectivity index (χ1) is 16.1. The molecule has 1 amide bonds. The molecule has 0 bridgehead atoms. The van der Waals surface area contributed by atoms with Crippen molar-refractivity contribution in [2.75, 3.05) is 19.7 Å². The minimum atomic E-state index is -0.290. The van der Waals surface area contributed by atoms with Crippen LogP contribution in [-0.2, 0) is 9.53 Å². The van der Waals surface area contributed by atoms with Crippen LogP contribution in [0.1, 0.15) is 36.3 Å². The number of hydrogen-bond acceptors (Lipinski definition) is 3. The van der Waals surface area contributed by atoms with Crippen LogP contribution in [0.4, 0.5) is 0 Å². The summed E-state index contributed by atoms with van der Waals surface area (Å²) in [6.45, 7) is 1.93. The van der Waals surface area contributed by atoms with Gasteiger partial charge in [-0.2, -0.15) is 0 Å². The predicted molar refractivity (Wildman–Crippen MR) is 130 cm³/mol. The third kappa shape index (κ3) is 4.78. The summed E-state index contributed by atoms with van der Waals surface area (Å²) in [7, 11) is 0. The summed E-state index contributed by atoms with van der Waals surface area (Å²) < 4.78 is 12.4. The normalized spacial score (nSPS) is 19.7. The van der Waals surface area contributed by atoms with Gasteiger partial charge in [-0.3, -0.25) is 4.79 Å². The third-order valence-corrected chi connectivity index (χ3v) is 7.12. The Labute approximate surface area is 200 Å². The van der Waals surface area contributed by atoms with Crippen molar-refractivity contribution in [2.24, 2.45) is 0 Å². The standard InChI is InChI=1S/C28H28ClNO3/c29-24-13-7-8-14-25(24)33-23-19-28(32-20-23)15-17-30(18-16-28)27(31)26(21-9-3-1-4-10-21)22-11-5-2-6-12-22/h1-14,23,26H,15-20H2. The fourth-order valence-corrected chi connectivity index (χ4v) is 5.21. The molecule has 5 heteroatoms. The first-order valence-electron chi connectivity index (χ1n) is 11.6. The predicted octanol–water partition coefficient (Wildman–Crippen LogP) is 5.70. The maximum absolute atomic E-state index is 13.7. The molecule has 3 aromatic rings. The molecule has 2 aliphatic rings. The molecule has 0 saturated carbocycles. The van der Waals surface area contributed by atoms with Gasteiger partial charge in [0.2, 0.25) is 5.91 Å². The Morgan fingerprint density at radius 2 is 1.48 bits per heavy atom. The number of benzene rings is 3. The number of hydrogen-bond donors (Lipinski definition) is 0. The van der Waals surface area contributed by atoms with Gasteiger partial charge in [0, 0.05) is 19.5 Å². The highest BCUT2D eigenvalue weighted by atomic mass is 35.5. The molecular weight excluding hydrogens is 434 g/mol. The number of piperidine rings is 1. The van der Waals surface area contributed by atoms with Crippen molar-refractivity contribution in [1.29, 1.82) is 0 Å². The lowest BCUT2D eigenvalue weighted by Crippen LogP contribution is -2.48. The van der Waals surface area contributed by atoms with Gasteiger partial charge in [0.1, 0.15) is 11.9 Å². The highest BCUT2D eigenvalue weighted by molar-refractivity contribution is 6.32. The minimum Gasteiger partial charge on any atom is -0.486 e. The number of nitrogens with zero attached hydrogens (tertiary/aromatic N) is 1. The molecule has 170 valence electrons. The molecule has 0 N–H and O–H groups in total. The average Bonchev–Trinajstić information content (AvgIpc) is 3.24. The van der Waals surface area contributed by atoms with Crippen LogP contribution in [0.3, 0.4) is 0 Å². The molecule has 2 saturated heterocycles. The van der Waals surface area contributed by atoms with Gasteiger partial charge in [0.05, 0.1) is 23.1 Å². The zero-order valence-corrected chi connectivity index (χ0v) is 19.3. The van der Waals surface area contributed by atoms with Crippen molar-refractivity contribution in [1.82, 2.24) is 4.90 Å². The highest BCUT2D eigenvalue weighted by Crippen LogP contribution is 2.39. The van der Waals surface area contributed by atoms with E-state index in [0.29, 0.717) is 30.5 Å². The molecule has 0 radical (unpaired) electrons. The SMILES string of the molecule is O=C(C(c1ccccc1)c1ccccc1)N1CCC2(CC1)CC(Oc1ccccc1Cl)CO2. The molecule has 1 atom stereocenters. The second-order valence-corrected chi connectivity index (χ2v) is 9.36.